The third-order valence-electron chi connectivity index (χ3n) is 3.77. The van der Waals surface area contributed by atoms with E-state index in [2.05, 4.69) is 0 Å². The Balaban J connectivity index is 1.81. The number of nitrogens with zero attached hydrogens (tertiary/aromatic N) is 1. The van der Waals surface area contributed by atoms with Crippen molar-refractivity contribution in [3.8, 4) is 0 Å². The molecule has 0 atom stereocenters. The molecule has 0 unspecified atom stereocenters. The van der Waals surface area contributed by atoms with E-state index >= 15 is 0 Å². The zero-order chi connectivity index (χ0) is 18.4. The molecule has 2 amide bonds. The molecule has 130 valence electrons. The Bertz CT molecular complexity index is 946. The predicted molar refractivity (Wildman–Crippen MR) is 95.3 cm³/mol. The summed E-state index contributed by atoms with van der Waals surface area (Å²) < 4.78 is 24.7. The van der Waals surface area contributed by atoms with Gasteiger partial charge in [0.25, 0.3) is 11.8 Å². The minimum Gasteiger partial charge on any atom is -0.273 e. The van der Waals surface area contributed by atoms with Gasteiger partial charge in [-0.05, 0) is 36.4 Å². The zero-order valence-corrected chi connectivity index (χ0v) is 15.6. The maximum Gasteiger partial charge on any atom is 0.261 e. The highest BCUT2D eigenvalue weighted by atomic mass is 35.5. The van der Waals surface area contributed by atoms with Crippen LogP contribution in [0.5, 0.6) is 0 Å². The van der Waals surface area contributed by atoms with Gasteiger partial charge in [0.05, 0.1) is 31.8 Å². The van der Waals surface area contributed by atoms with E-state index in [4.69, 9.17) is 34.8 Å². The van der Waals surface area contributed by atoms with E-state index in [0.29, 0.717) is 5.02 Å². The van der Waals surface area contributed by atoms with Gasteiger partial charge < -0.3 is 0 Å². The van der Waals surface area contributed by atoms with Crippen molar-refractivity contribution < 1.29 is 18.0 Å². The lowest BCUT2D eigenvalue weighted by Crippen LogP contribution is -2.34. The molecule has 9 heteroatoms. The maximum absolute atomic E-state index is 12.4. The van der Waals surface area contributed by atoms with Gasteiger partial charge in [-0.15, -0.1) is 0 Å². The summed E-state index contributed by atoms with van der Waals surface area (Å²) in [6.45, 7) is -0.271. The first-order valence-corrected chi connectivity index (χ1v) is 9.83. The number of benzene rings is 2. The van der Waals surface area contributed by atoms with Gasteiger partial charge in [-0.1, -0.05) is 34.8 Å². The summed E-state index contributed by atoms with van der Waals surface area (Å²) in [5, 5.41) is 0.711. The van der Waals surface area contributed by atoms with Crippen LogP contribution in [0.1, 0.15) is 20.7 Å². The SMILES string of the molecule is O=C1c2cc(Cl)c(Cl)cc2C(=O)N1CCS(=O)(=O)c1ccc(Cl)cc1. The second kappa shape index (κ2) is 6.61. The highest BCUT2D eigenvalue weighted by Crippen LogP contribution is 2.31. The summed E-state index contributed by atoms with van der Waals surface area (Å²) in [5.74, 6) is -1.59. The van der Waals surface area contributed by atoms with Crippen LogP contribution in [0.3, 0.4) is 0 Å². The lowest BCUT2D eigenvalue weighted by atomic mass is 10.1. The summed E-state index contributed by atoms with van der Waals surface area (Å²) in [5.41, 5.74) is 0.228. The molecule has 5 nitrogen and oxygen atoms in total. The molecule has 2 aromatic carbocycles. The van der Waals surface area contributed by atoms with E-state index < -0.39 is 27.4 Å². The third-order valence-corrected chi connectivity index (χ3v) is 6.45. The Morgan fingerprint density at radius 1 is 0.840 bits per heavy atom. The molecule has 0 saturated heterocycles. The monoisotopic (exact) mass is 417 g/mol. The summed E-state index contributed by atoms with van der Waals surface area (Å²) in [7, 11) is -3.67. The molecule has 0 aromatic heterocycles. The van der Waals surface area contributed by atoms with Crippen molar-refractivity contribution in [1.82, 2.24) is 4.90 Å². The van der Waals surface area contributed by atoms with Gasteiger partial charge in [-0.3, -0.25) is 14.5 Å². The molecular formula is C16H10Cl3NO4S. The van der Waals surface area contributed by atoms with Crippen LogP contribution in [-0.4, -0.2) is 37.4 Å². The Labute approximate surface area is 159 Å². The van der Waals surface area contributed by atoms with Gasteiger partial charge in [0, 0.05) is 11.6 Å². The van der Waals surface area contributed by atoms with Crippen molar-refractivity contribution in [3.05, 3.63) is 62.6 Å². The van der Waals surface area contributed by atoms with E-state index in [1.165, 1.54) is 36.4 Å². The molecule has 0 fully saturated rings. The number of hydrogen-bond donors (Lipinski definition) is 0. The number of fused-ring (bicyclic) bond motifs is 1. The van der Waals surface area contributed by atoms with E-state index in [1.807, 2.05) is 0 Å². The highest BCUT2D eigenvalue weighted by Gasteiger charge is 2.37. The highest BCUT2D eigenvalue weighted by molar-refractivity contribution is 7.91. The van der Waals surface area contributed by atoms with Crippen LogP contribution in [0.2, 0.25) is 15.1 Å². The largest absolute Gasteiger partial charge is 0.273 e. The number of amides is 2. The second-order valence-electron chi connectivity index (χ2n) is 5.35. The molecule has 0 aliphatic carbocycles. The van der Waals surface area contributed by atoms with Crippen molar-refractivity contribution in [1.29, 1.82) is 0 Å². The molecule has 3 rings (SSSR count). The Morgan fingerprint density at radius 2 is 1.32 bits per heavy atom. The first-order valence-electron chi connectivity index (χ1n) is 7.04. The van der Waals surface area contributed by atoms with E-state index in [0.717, 1.165) is 4.90 Å². The fourth-order valence-corrected chi connectivity index (χ4v) is 4.12. The smallest absolute Gasteiger partial charge is 0.261 e. The number of hydrogen-bond acceptors (Lipinski definition) is 4. The number of carbonyl (C=O) groups is 2. The maximum atomic E-state index is 12.4. The molecule has 0 spiro atoms. The molecule has 25 heavy (non-hydrogen) atoms. The number of carbonyl (C=O) groups excluding carboxylic acids is 2. The van der Waals surface area contributed by atoms with Crippen LogP contribution in [0.25, 0.3) is 0 Å². The lowest BCUT2D eigenvalue weighted by molar-refractivity contribution is 0.0664. The standard InChI is InChI=1S/C16H10Cl3NO4S/c17-9-1-3-10(4-2-9)25(23,24)6-5-20-15(21)11-7-13(18)14(19)8-12(11)16(20)22/h1-4,7-8H,5-6H2. The lowest BCUT2D eigenvalue weighted by Gasteiger charge is -2.13. The van der Waals surface area contributed by atoms with E-state index in [-0.39, 0.29) is 32.6 Å². The average Bonchev–Trinajstić information content (AvgIpc) is 2.78. The Morgan fingerprint density at radius 3 is 1.80 bits per heavy atom. The molecule has 2 aromatic rings. The van der Waals surface area contributed by atoms with E-state index in [1.54, 1.807) is 0 Å². The van der Waals surface area contributed by atoms with Crippen molar-refractivity contribution in [2.24, 2.45) is 0 Å². The van der Waals surface area contributed by atoms with Gasteiger partial charge in [0.2, 0.25) is 0 Å². The van der Waals surface area contributed by atoms with Gasteiger partial charge in [-0.2, -0.15) is 0 Å². The van der Waals surface area contributed by atoms with Crippen LogP contribution >= 0.6 is 34.8 Å². The minimum atomic E-state index is -3.67. The molecule has 1 aliphatic rings. The summed E-state index contributed by atoms with van der Waals surface area (Å²) in [4.78, 5) is 25.7. The number of imide groups is 1. The second-order valence-corrected chi connectivity index (χ2v) is 8.71. The molecule has 1 aliphatic heterocycles. The molecule has 0 bridgehead atoms. The average molecular weight is 419 g/mol. The van der Waals surface area contributed by atoms with Crippen molar-refractivity contribution in [3.63, 3.8) is 0 Å². The summed E-state index contributed by atoms with van der Waals surface area (Å²) >= 11 is 17.5. The van der Waals surface area contributed by atoms with Crippen LogP contribution in [-0.2, 0) is 9.84 Å². The Kier molecular flexibility index (Phi) is 4.81. The first kappa shape index (κ1) is 18.2. The van der Waals surface area contributed by atoms with Crippen molar-refractivity contribution in [2.45, 2.75) is 4.90 Å². The quantitative estimate of drug-likeness (QED) is 0.710. The number of rotatable bonds is 4. The number of halogens is 3. The van der Waals surface area contributed by atoms with Gasteiger partial charge in [-0.25, -0.2) is 8.42 Å². The Hall–Kier alpha value is -1.60. The molecule has 0 N–H and O–H groups in total. The predicted octanol–water partition coefficient (Wildman–Crippen LogP) is 3.72. The van der Waals surface area contributed by atoms with Crippen LogP contribution < -0.4 is 0 Å². The van der Waals surface area contributed by atoms with Crippen LogP contribution in [0, 0.1) is 0 Å². The summed E-state index contributed by atoms with van der Waals surface area (Å²) in [6, 6.07) is 8.29. The fraction of sp³-hybridized carbons (Fsp3) is 0.125. The fourth-order valence-electron chi connectivity index (χ4n) is 2.46. The third kappa shape index (κ3) is 3.40. The molecule has 1 heterocycles. The topological polar surface area (TPSA) is 71.5 Å². The van der Waals surface area contributed by atoms with E-state index in [9.17, 15) is 18.0 Å². The molecule has 0 radical (unpaired) electrons. The summed E-state index contributed by atoms with van der Waals surface area (Å²) in [6.07, 6.45) is 0. The van der Waals surface area contributed by atoms with Gasteiger partial charge in [0.15, 0.2) is 9.84 Å². The zero-order valence-electron chi connectivity index (χ0n) is 12.5. The number of sulfone groups is 1. The molecule has 0 saturated carbocycles. The van der Waals surface area contributed by atoms with Crippen molar-refractivity contribution in [2.75, 3.05) is 12.3 Å². The van der Waals surface area contributed by atoms with Crippen LogP contribution in [0.4, 0.5) is 0 Å². The van der Waals surface area contributed by atoms with Gasteiger partial charge in [0.1, 0.15) is 0 Å². The molecular weight excluding hydrogens is 409 g/mol. The minimum absolute atomic E-state index is 0.0691. The van der Waals surface area contributed by atoms with Gasteiger partial charge >= 0.3 is 0 Å². The van der Waals surface area contributed by atoms with Crippen LogP contribution in [0.15, 0.2) is 41.3 Å². The van der Waals surface area contributed by atoms with Crippen molar-refractivity contribution >= 4 is 56.5 Å². The normalized spacial score (nSPS) is 14.1. The first-order chi connectivity index (χ1) is 11.7.